The Morgan fingerprint density at radius 3 is 2.27 bits per heavy atom. The molecular weight excluding hydrogens is 467 g/mol. The summed E-state index contributed by atoms with van der Waals surface area (Å²) in [7, 11) is -0.442. The second-order valence-corrected chi connectivity index (χ2v) is 7.17. The summed E-state index contributed by atoms with van der Waals surface area (Å²) in [6.45, 7) is 6.57. The minimum Gasteiger partial charge on any atom is -0.421 e. The summed E-state index contributed by atoms with van der Waals surface area (Å²) in [6.07, 6.45) is 17.6. The van der Waals surface area contributed by atoms with E-state index in [1.165, 1.54) is 44.1 Å². The van der Waals surface area contributed by atoms with Gasteiger partial charge < -0.3 is 26.7 Å². The molecule has 0 saturated carbocycles. The normalized spacial score (nSPS) is 13.9. The molecule has 0 aromatic heterocycles. The van der Waals surface area contributed by atoms with Crippen molar-refractivity contribution in [3.05, 3.63) is 46.1 Å². The van der Waals surface area contributed by atoms with E-state index >= 15 is 0 Å². The Kier molecular flexibility index (Phi) is 26.7. The van der Waals surface area contributed by atoms with Crippen LogP contribution in [0.25, 0.3) is 0 Å². The number of allylic oxidation sites excluding steroid dienone is 4. The molecule has 3 heteroatoms. The summed E-state index contributed by atoms with van der Waals surface area (Å²) >= 11 is 0. The standard InChI is InChI=1S/C16H29OSi.3CH3.Pt/c1-4-5-6-7-8-13-16(18-17-14(2)3)15-11-9-10-12-15;;;;/h9,11,14,16H,4-8,10,13,18H2,1-3H3;3*1H3;/q4*-1;+4. The van der Waals surface area contributed by atoms with E-state index < -0.39 is 9.76 Å². The molecule has 0 aliphatic heterocycles. The van der Waals surface area contributed by atoms with Crippen LogP contribution in [0.15, 0.2) is 17.7 Å². The van der Waals surface area contributed by atoms with E-state index in [4.69, 9.17) is 4.43 Å². The Labute approximate surface area is 158 Å². The van der Waals surface area contributed by atoms with Crippen molar-refractivity contribution in [3.8, 4) is 0 Å². The molecule has 1 unspecified atom stereocenters. The van der Waals surface area contributed by atoms with Gasteiger partial charge in [0.15, 0.2) is 9.76 Å². The monoisotopic (exact) mass is 505 g/mol. The van der Waals surface area contributed by atoms with Crippen molar-refractivity contribution in [3.63, 3.8) is 0 Å². The molecular formula is C19H38OPtSi. The molecule has 1 aliphatic rings. The molecule has 1 nitrogen and oxygen atoms in total. The molecule has 0 saturated heterocycles. The number of hydrogen-bond acceptors (Lipinski definition) is 1. The quantitative estimate of drug-likeness (QED) is 0.211. The van der Waals surface area contributed by atoms with Gasteiger partial charge >= 0.3 is 21.1 Å². The van der Waals surface area contributed by atoms with Crippen LogP contribution in [0.5, 0.6) is 0 Å². The molecule has 1 rings (SSSR count). The number of unbranched alkanes of at least 4 members (excludes halogenated alkanes) is 4. The topological polar surface area (TPSA) is 9.23 Å². The van der Waals surface area contributed by atoms with Crippen molar-refractivity contribution in [1.29, 1.82) is 0 Å². The van der Waals surface area contributed by atoms with Crippen molar-refractivity contribution >= 4 is 9.76 Å². The van der Waals surface area contributed by atoms with E-state index in [2.05, 4.69) is 39.0 Å². The van der Waals surface area contributed by atoms with Crippen LogP contribution in [0.4, 0.5) is 0 Å². The average Bonchev–Trinajstić information content (AvgIpc) is 2.86. The molecule has 134 valence electrons. The molecule has 0 amide bonds. The summed E-state index contributed by atoms with van der Waals surface area (Å²) in [6, 6.07) is 0. The van der Waals surface area contributed by atoms with Crippen LogP contribution in [0.3, 0.4) is 0 Å². The first-order chi connectivity index (χ1) is 8.74. The van der Waals surface area contributed by atoms with Gasteiger partial charge in [-0.05, 0) is 19.4 Å². The Bertz CT molecular complexity index is 275. The summed E-state index contributed by atoms with van der Waals surface area (Å²) in [5, 5.41) is 0. The molecule has 0 heterocycles. The van der Waals surface area contributed by atoms with Crippen molar-refractivity contribution < 1.29 is 25.5 Å². The van der Waals surface area contributed by atoms with Crippen molar-refractivity contribution in [2.24, 2.45) is 0 Å². The fourth-order valence-corrected chi connectivity index (χ4v) is 3.87. The number of hydrogen-bond donors (Lipinski definition) is 0. The van der Waals surface area contributed by atoms with Crippen LogP contribution in [-0.2, 0) is 25.5 Å². The zero-order chi connectivity index (χ0) is 13.2. The number of rotatable bonds is 10. The minimum absolute atomic E-state index is 0. The predicted octanol–water partition coefficient (Wildman–Crippen LogP) is 5.68. The molecule has 0 N–H and O–H groups in total. The Hall–Kier alpha value is 0.345. The van der Waals surface area contributed by atoms with E-state index in [1.54, 1.807) is 0 Å². The van der Waals surface area contributed by atoms with Gasteiger partial charge in [0.2, 0.25) is 0 Å². The Morgan fingerprint density at radius 2 is 1.77 bits per heavy atom. The molecule has 0 spiro atoms. The summed E-state index contributed by atoms with van der Waals surface area (Å²) in [5.74, 6) is 0. The smallest absolute Gasteiger partial charge is 0.421 e. The van der Waals surface area contributed by atoms with Gasteiger partial charge in [-0.1, -0.05) is 45.4 Å². The first-order valence-corrected chi connectivity index (χ1v) is 9.02. The van der Waals surface area contributed by atoms with Crippen molar-refractivity contribution in [1.82, 2.24) is 0 Å². The van der Waals surface area contributed by atoms with Crippen molar-refractivity contribution in [2.45, 2.75) is 77.4 Å². The van der Waals surface area contributed by atoms with Crippen LogP contribution < -0.4 is 0 Å². The van der Waals surface area contributed by atoms with Crippen LogP contribution in [0, 0.1) is 28.4 Å². The molecule has 0 radical (unpaired) electrons. The van der Waals surface area contributed by atoms with Gasteiger partial charge in [0.1, 0.15) is 0 Å². The van der Waals surface area contributed by atoms with Crippen LogP contribution in [0.2, 0.25) is 5.54 Å². The summed E-state index contributed by atoms with van der Waals surface area (Å²) in [4.78, 5) is 0. The van der Waals surface area contributed by atoms with Gasteiger partial charge in [-0.25, -0.2) is 11.6 Å². The van der Waals surface area contributed by atoms with Gasteiger partial charge in [0.05, 0.1) is 0 Å². The summed E-state index contributed by atoms with van der Waals surface area (Å²) < 4.78 is 5.94. The third-order valence-corrected chi connectivity index (χ3v) is 5.56. The third-order valence-electron chi connectivity index (χ3n) is 3.45. The van der Waals surface area contributed by atoms with Gasteiger partial charge in [0, 0.05) is 6.10 Å². The van der Waals surface area contributed by atoms with Gasteiger partial charge in [0.25, 0.3) is 0 Å². The fraction of sp³-hybridized carbons (Fsp3) is 0.632. The predicted molar refractivity (Wildman–Crippen MR) is 102 cm³/mol. The van der Waals surface area contributed by atoms with Gasteiger partial charge in [-0.3, -0.25) is 6.08 Å². The Morgan fingerprint density at radius 1 is 1.14 bits per heavy atom. The van der Waals surface area contributed by atoms with E-state index in [-0.39, 0.29) is 43.3 Å². The van der Waals surface area contributed by atoms with E-state index in [0.29, 0.717) is 11.6 Å². The van der Waals surface area contributed by atoms with Crippen LogP contribution in [0.1, 0.15) is 65.7 Å². The Balaban J connectivity index is -0.000000405. The zero-order valence-electron chi connectivity index (χ0n) is 15.7. The minimum atomic E-state index is -0.442. The van der Waals surface area contributed by atoms with Crippen LogP contribution >= 0.6 is 0 Å². The molecule has 1 aliphatic carbocycles. The SMILES string of the molecule is CCCCCCCC([SiH2]OC(C)C)C1=[C-]CC=C1.[CH3-].[CH3-].[CH3-].[Pt+4]. The molecule has 0 fully saturated rings. The second-order valence-electron chi connectivity index (χ2n) is 5.52. The van der Waals surface area contributed by atoms with Gasteiger partial charge in [-0.15, -0.1) is 6.42 Å². The molecule has 0 aromatic carbocycles. The first-order valence-electron chi connectivity index (χ1n) is 7.63. The van der Waals surface area contributed by atoms with E-state index in [0.717, 1.165) is 6.42 Å². The zero-order valence-corrected chi connectivity index (χ0v) is 19.4. The van der Waals surface area contributed by atoms with Crippen LogP contribution in [-0.4, -0.2) is 15.9 Å². The van der Waals surface area contributed by atoms with Crippen molar-refractivity contribution in [2.75, 3.05) is 0 Å². The van der Waals surface area contributed by atoms with E-state index in [9.17, 15) is 0 Å². The van der Waals surface area contributed by atoms with E-state index in [1.807, 2.05) is 0 Å². The molecule has 0 aromatic rings. The summed E-state index contributed by atoms with van der Waals surface area (Å²) in [5.41, 5.74) is 2.14. The van der Waals surface area contributed by atoms with Gasteiger partial charge in [-0.2, -0.15) is 6.08 Å². The molecule has 22 heavy (non-hydrogen) atoms. The molecule has 1 atom stereocenters. The maximum absolute atomic E-state index is 5.94. The second kappa shape index (κ2) is 19.4. The maximum Gasteiger partial charge on any atom is 4.00 e. The maximum atomic E-state index is 5.94. The first kappa shape index (κ1) is 30.3. The largest absolute Gasteiger partial charge is 4.00 e. The average molecular weight is 506 g/mol. The molecule has 0 bridgehead atoms. The third kappa shape index (κ3) is 14.0. The fourth-order valence-electron chi connectivity index (χ4n) is 2.33.